The fourth-order valence-corrected chi connectivity index (χ4v) is 3.08. The quantitative estimate of drug-likeness (QED) is 0.788. The first-order chi connectivity index (χ1) is 7.74. The van der Waals surface area contributed by atoms with Crippen LogP contribution in [-0.2, 0) is 0 Å². The third kappa shape index (κ3) is 2.34. The first-order valence-electron chi connectivity index (χ1n) is 5.60. The summed E-state index contributed by atoms with van der Waals surface area (Å²) in [6.07, 6.45) is 3.65. The van der Waals surface area contributed by atoms with Gasteiger partial charge in [0.2, 0.25) is 0 Å². The minimum Gasteiger partial charge on any atom is -0.497 e. The van der Waals surface area contributed by atoms with Crippen LogP contribution in [0, 0.1) is 0 Å². The van der Waals surface area contributed by atoms with Gasteiger partial charge in [0.05, 0.1) is 14.2 Å². The second-order valence-corrected chi connectivity index (χ2v) is 5.51. The van der Waals surface area contributed by atoms with E-state index in [1.165, 1.54) is 24.8 Å². The van der Waals surface area contributed by atoms with Crippen LogP contribution < -0.4 is 9.47 Å². The molecule has 0 amide bonds. The normalized spacial score (nSPS) is 24.4. The van der Waals surface area contributed by atoms with Gasteiger partial charge in [-0.3, -0.25) is 0 Å². The largest absolute Gasteiger partial charge is 0.497 e. The molecule has 88 valence electrons. The molecule has 2 rings (SSSR count). The number of alkyl halides is 1. The lowest BCUT2D eigenvalue weighted by Crippen LogP contribution is -1.99. The van der Waals surface area contributed by atoms with E-state index in [0.29, 0.717) is 10.7 Å². The van der Waals surface area contributed by atoms with Gasteiger partial charge < -0.3 is 9.47 Å². The molecule has 1 fully saturated rings. The highest BCUT2D eigenvalue weighted by Gasteiger charge is 2.26. The lowest BCUT2D eigenvalue weighted by molar-refractivity contribution is 0.395. The van der Waals surface area contributed by atoms with Gasteiger partial charge in [-0.2, -0.15) is 0 Å². The van der Waals surface area contributed by atoms with Gasteiger partial charge >= 0.3 is 0 Å². The fraction of sp³-hybridized carbons (Fsp3) is 0.538. The SMILES string of the molecule is COc1ccc(OC)c(C2CCC(Br)C2)c1. The van der Waals surface area contributed by atoms with Crippen LogP contribution in [0.3, 0.4) is 0 Å². The van der Waals surface area contributed by atoms with Crippen LogP contribution in [0.25, 0.3) is 0 Å². The summed E-state index contributed by atoms with van der Waals surface area (Å²) < 4.78 is 10.7. The third-order valence-corrected chi connectivity index (χ3v) is 4.08. The maximum Gasteiger partial charge on any atom is 0.122 e. The molecule has 0 heterocycles. The molecule has 1 aromatic carbocycles. The van der Waals surface area contributed by atoms with Crippen LogP contribution >= 0.6 is 15.9 Å². The molecule has 0 aromatic heterocycles. The molecular weight excluding hydrogens is 268 g/mol. The zero-order valence-electron chi connectivity index (χ0n) is 9.70. The Labute approximate surface area is 105 Å². The Hall–Kier alpha value is -0.700. The number of methoxy groups -OCH3 is 2. The highest BCUT2D eigenvalue weighted by Crippen LogP contribution is 2.42. The van der Waals surface area contributed by atoms with Gasteiger partial charge in [-0.1, -0.05) is 15.9 Å². The first kappa shape index (κ1) is 11.8. The minimum absolute atomic E-state index is 0.592. The van der Waals surface area contributed by atoms with Crippen molar-refractivity contribution in [1.82, 2.24) is 0 Å². The molecule has 3 heteroatoms. The van der Waals surface area contributed by atoms with Gasteiger partial charge in [0.1, 0.15) is 11.5 Å². The Kier molecular flexibility index (Phi) is 3.74. The Bertz CT molecular complexity index is 365. The molecule has 1 saturated carbocycles. The average molecular weight is 285 g/mol. The summed E-state index contributed by atoms with van der Waals surface area (Å²) in [4.78, 5) is 0.647. The fourth-order valence-electron chi connectivity index (χ4n) is 2.37. The van der Waals surface area contributed by atoms with Crippen molar-refractivity contribution >= 4 is 15.9 Å². The van der Waals surface area contributed by atoms with Crippen molar-refractivity contribution in [3.63, 3.8) is 0 Å². The van der Waals surface area contributed by atoms with Crippen LogP contribution in [-0.4, -0.2) is 19.0 Å². The average Bonchev–Trinajstić information content (AvgIpc) is 2.75. The zero-order chi connectivity index (χ0) is 11.5. The van der Waals surface area contributed by atoms with Crippen LogP contribution in [0.4, 0.5) is 0 Å². The van der Waals surface area contributed by atoms with Crippen molar-refractivity contribution in [1.29, 1.82) is 0 Å². The van der Waals surface area contributed by atoms with Crippen molar-refractivity contribution in [2.75, 3.05) is 14.2 Å². The van der Waals surface area contributed by atoms with Crippen molar-refractivity contribution < 1.29 is 9.47 Å². The lowest BCUT2D eigenvalue weighted by Gasteiger charge is -2.15. The van der Waals surface area contributed by atoms with Gasteiger partial charge in [-0.25, -0.2) is 0 Å². The van der Waals surface area contributed by atoms with E-state index in [9.17, 15) is 0 Å². The van der Waals surface area contributed by atoms with Crippen LogP contribution in [0.5, 0.6) is 11.5 Å². The van der Waals surface area contributed by atoms with E-state index < -0.39 is 0 Å². The number of benzene rings is 1. The molecule has 1 aromatic rings. The van der Waals surface area contributed by atoms with E-state index in [2.05, 4.69) is 22.0 Å². The molecule has 0 bridgehead atoms. The number of ether oxygens (including phenoxy) is 2. The molecule has 2 atom stereocenters. The second-order valence-electron chi connectivity index (χ2n) is 4.22. The summed E-state index contributed by atoms with van der Waals surface area (Å²) in [5.74, 6) is 2.48. The molecule has 0 aliphatic heterocycles. The van der Waals surface area contributed by atoms with Crippen LogP contribution in [0.15, 0.2) is 18.2 Å². The standard InChI is InChI=1S/C13H17BrO2/c1-15-11-5-6-13(16-2)12(8-11)9-3-4-10(14)7-9/h5-6,8-10H,3-4,7H2,1-2H3. The zero-order valence-corrected chi connectivity index (χ0v) is 11.3. The Morgan fingerprint density at radius 2 is 2.00 bits per heavy atom. The maximum absolute atomic E-state index is 5.42. The minimum atomic E-state index is 0.592. The van der Waals surface area contributed by atoms with Crippen LogP contribution in [0.1, 0.15) is 30.7 Å². The van der Waals surface area contributed by atoms with Crippen LogP contribution in [0.2, 0.25) is 0 Å². The van der Waals surface area contributed by atoms with Gasteiger partial charge in [0.15, 0.2) is 0 Å². The predicted octanol–water partition coefficient (Wildman–Crippen LogP) is 3.73. The highest BCUT2D eigenvalue weighted by molar-refractivity contribution is 9.09. The highest BCUT2D eigenvalue weighted by atomic mass is 79.9. The van der Waals surface area contributed by atoms with E-state index in [0.717, 1.165) is 11.5 Å². The summed E-state index contributed by atoms with van der Waals surface area (Å²) in [5, 5.41) is 0. The molecule has 0 radical (unpaired) electrons. The van der Waals surface area contributed by atoms with Gasteiger partial charge in [-0.05, 0) is 43.4 Å². The molecule has 0 N–H and O–H groups in total. The number of halogens is 1. The van der Waals surface area contributed by atoms with Crippen molar-refractivity contribution in [3.8, 4) is 11.5 Å². The molecule has 0 spiro atoms. The summed E-state index contributed by atoms with van der Waals surface area (Å²) >= 11 is 3.69. The first-order valence-corrected chi connectivity index (χ1v) is 6.52. The van der Waals surface area contributed by atoms with Gasteiger partial charge in [0, 0.05) is 10.4 Å². The molecule has 2 nitrogen and oxygen atoms in total. The monoisotopic (exact) mass is 284 g/mol. The summed E-state index contributed by atoms with van der Waals surface area (Å²) in [6, 6.07) is 6.05. The number of hydrogen-bond donors (Lipinski definition) is 0. The predicted molar refractivity (Wildman–Crippen MR) is 68.9 cm³/mol. The van der Waals surface area contributed by atoms with E-state index in [4.69, 9.17) is 9.47 Å². The third-order valence-electron chi connectivity index (χ3n) is 3.25. The summed E-state index contributed by atoms with van der Waals surface area (Å²) in [7, 11) is 3.43. The molecule has 0 saturated heterocycles. The smallest absolute Gasteiger partial charge is 0.122 e. The molecule has 2 unspecified atom stereocenters. The Morgan fingerprint density at radius 1 is 1.19 bits per heavy atom. The second kappa shape index (κ2) is 5.09. The maximum atomic E-state index is 5.42. The van der Waals surface area contributed by atoms with E-state index >= 15 is 0 Å². The summed E-state index contributed by atoms with van der Waals surface area (Å²) in [5.41, 5.74) is 1.28. The van der Waals surface area contributed by atoms with Crippen molar-refractivity contribution in [2.24, 2.45) is 0 Å². The van der Waals surface area contributed by atoms with E-state index in [1.54, 1.807) is 14.2 Å². The number of hydrogen-bond acceptors (Lipinski definition) is 2. The van der Waals surface area contributed by atoms with E-state index in [1.807, 2.05) is 12.1 Å². The number of rotatable bonds is 3. The summed E-state index contributed by atoms with van der Waals surface area (Å²) in [6.45, 7) is 0. The lowest BCUT2D eigenvalue weighted by atomic mass is 9.96. The Morgan fingerprint density at radius 3 is 2.56 bits per heavy atom. The van der Waals surface area contributed by atoms with E-state index in [-0.39, 0.29) is 0 Å². The molecule has 16 heavy (non-hydrogen) atoms. The van der Waals surface area contributed by atoms with Gasteiger partial charge in [-0.15, -0.1) is 0 Å². The molecule has 1 aliphatic rings. The Balaban J connectivity index is 2.29. The molecule has 1 aliphatic carbocycles. The molecular formula is C13H17BrO2. The topological polar surface area (TPSA) is 18.5 Å². The van der Waals surface area contributed by atoms with Crippen molar-refractivity contribution in [2.45, 2.75) is 30.0 Å². The van der Waals surface area contributed by atoms with Gasteiger partial charge in [0.25, 0.3) is 0 Å². The van der Waals surface area contributed by atoms with Crippen molar-refractivity contribution in [3.05, 3.63) is 23.8 Å².